The Morgan fingerprint density at radius 3 is 2.23 bits per heavy atom. The van der Waals surface area contributed by atoms with Crippen molar-refractivity contribution in [2.24, 2.45) is 11.7 Å². The predicted octanol–water partition coefficient (Wildman–Crippen LogP) is 1.70. The number of carbonyl (C=O) groups is 1. The zero-order valence-corrected chi connectivity index (χ0v) is 9.26. The Morgan fingerprint density at radius 2 is 1.92 bits per heavy atom. The van der Waals surface area contributed by atoms with Crippen molar-refractivity contribution < 1.29 is 9.53 Å². The first-order chi connectivity index (χ1) is 5.78. The maximum absolute atomic E-state index is 11.4. The smallest absolute Gasteiger partial charge is 0.323 e. The molecule has 3 nitrogen and oxygen atoms in total. The van der Waals surface area contributed by atoms with Gasteiger partial charge in [0, 0.05) is 0 Å². The molecule has 2 atom stereocenters. The van der Waals surface area contributed by atoms with Crippen molar-refractivity contribution in [3.05, 3.63) is 0 Å². The predicted molar refractivity (Wildman–Crippen MR) is 53.3 cm³/mol. The van der Waals surface area contributed by atoms with Crippen LogP contribution in [0.2, 0.25) is 0 Å². The molecular weight excluding hydrogens is 166 g/mol. The van der Waals surface area contributed by atoms with E-state index in [9.17, 15) is 4.79 Å². The van der Waals surface area contributed by atoms with E-state index in [1.54, 1.807) is 0 Å². The normalized spacial score (nSPS) is 16.5. The Balaban J connectivity index is 4.12. The number of ether oxygens (including phenoxy) is 1. The van der Waals surface area contributed by atoms with Crippen LogP contribution >= 0.6 is 0 Å². The second-order valence-electron chi connectivity index (χ2n) is 4.44. The van der Waals surface area contributed by atoms with Crippen molar-refractivity contribution in [2.45, 2.75) is 52.7 Å². The standard InChI is InChI=1S/C10H21NO2/c1-6-7(2)8(11)9(12)13-10(3,4)5/h7-8H,6,11H2,1-5H3/t7-,8-/m1/s1. The molecule has 0 unspecified atom stereocenters. The molecule has 0 radical (unpaired) electrons. The summed E-state index contributed by atoms with van der Waals surface area (Å²) in [7, 11) is 0. The number of hydrogen-bond acceptors (Lipinski definition) is 3. The van der Waals surface area contributed by atoms with Crippen molar-refractivity contribution in [3.63, 3.8) is 0 Å². The third kappa shape index (κ3) is 4.88. The number of nitrogens with two attached hydrogens (primary N) is 1. The monoisotopic (exact) mass is 187 g/mol. The number of esters is 1. The summed E-state index contributed by atoms with van der Waals surface area (Å²) in [5, 5.41) is 0. The summed E-state index contributed by atoms with van der Waals surface area (Å²) in [4.78, 5) is 11.4. The molecule has 0 aromatic carbocycles. The molecule has 0 spiro atoms. The van der Waals surface area contributed by atoms with Crippen LogP contribution in [0.1, 0.15) is 41.0 Å². The first-order valence-electron chi connectivity index (χ1n) is 4.76. The van der Waals surface area contributed by atoms with Crippen LogP contribution in [0.4, 0.5) is 0 Å². The van der Waals surface area contributed by atoms with E-state index in [0.29, 0.717) is 0 Å². The minimum Gasteiger partial charge on any atom is -0.459 e. The lowest BCUT2D eigenvalue weighted by molar-refractivity contribution is -0.157. The molecule has 13 heavy (non-hydrogen) atoms. The fourth-order valence-corrected chi connectivity index (χ4v) is 0.856. The molecular formula is C10H21NO2. The highest BCUT2D eigenvalue weighted by molar-refractivity contribution is 5.76. The molecule has 0 aromatic heterocycles. The van der Waals surface area contributed by atoms with Gasteiger partial charge in [-0.2, -0.15) is 0 Å². The lowest BCUT2D eigenvalue weighted by Gasteiger charge is -2.24. The van der Waals surface area contributed by atoms with Crippen molar-refractivity contribution in [1.29, 1.82) is 0 Å². The van der Waals surface area contributed by atoms with Gasteiger partial charge in [0.15, 0.2) is 0 Å². The third-order valence-electron chi connectivity index (χ3n) is 1.94. The Bertz CT molecular complexity index is 172. The molecule has 3 heteroatoms. The van der Waals surface area contributed by atoms with Crippen molar-refractivity contribution in [3.8, 4) is 0 Å². The van der Waals surface area contributed by atoms with Crippen molar-refractivity contribution in [1.82, 2.24) is 0 Å². The molecule has 0 aliphatic carbocycles. The van der Waals surface area contributed by atoms with Gasteiger partial charge in [-0.1, -0.05) is 20.3 Å². The zero-order chi connectivity index (χ0) is 10.6. The largest absolute Gasteiger partial charge is 0.459 e. The van der Waals surface area contributed by atoms with E-state index in [2.05, 4.69) is 0 Å². The van der Waals surface area contributed by atoms with Crippen LogP contribution in [0.25, 0.3) is 0 Å². The Labute approximate surface area is 80.6 Å². The molecule has 78 valence electrons. The molecule has 0 aliphatic rings. The molecule has 0 aromatic rings. The second kappa shape index (κ2) is 4.61. The summed E-state index contributed by atoms with van der Waals surface area (Å²) in [6.45, 7) is 9.49. The zero-order valence-electron chi connectivity index (χ0n) is 9.26. The Morgan fingerprint density at radius 1 is 1.46 bits per heavy atom. The van der Waals surface area contributed by atoms with Gasteiger partial charge in [-0.25, -0.2) is 0 Å². The molecule has 0 heterocycles. The fraction of sp³-hybridized carbons (Fsp3) is 0.900. The maximum Gasteiger partial charge on any atom is 0.323 e. The van der Waals surface area contributed by atoms with E-state index in [1.165, 1.54) is 0 Å². The topological polar surface area (TPSA) is 52.3 Å². The van der Waals surface area contributed by atoms with Crippen LogP contribution in [0.15, 0.2) is 0 Å². The van der Waals surface area contributed by atoms with Crippen LogP contribution in [-0.2, 0) is 9.53 Å². The van der Waals surface area contributed by atoms with Crippen LogP contribution in [0.5, 0.6) is 0 Å². The number of hydrogen-bond donors (Lipinski definition) is 1. The van der Waals surface area contributed by atoms with Crippen LogP contribution < -0.4 is 5.73 Å². The number of carbonyl (C=O) groups excluding carboxylic acids is 1. The molecule has 0 fully saturated rings. The van der Waals surface area contributed by atoms with E-state index >= 15 is 0 Å². The summed E-state index contributed by atoms with van der Waals surface area (Å²) in [5.74, 6) is -0.128. The van der Waals surface area contributed by atoms with Gasteiger partial charge in [0.05, 0.1) is 0 Å². The summed E-state index contributed by atoms with van der Waals surface area (Å²) in [6, 6.07) is -0.496. The van der Waals surface area contributed by atoms with Gasteiger partial charge in [0.1, 0.15) is 11.6 Å². The first kappa shape index (κ1) is 12.4. The first-order valence-corrected chi connectivity index (χ1v) is 4.76. The van der Waals surface area contributed by atoms with Gasteiger partial charge >= 0.3 is 5.97 Å². The van der Waals surface area contributed by atoms with Gasteiger partial charge < -0.3 is 10.5 Å². The lowest BCUT2D eigenvalue weighted by atomic mass is 10.00. The minimum atomic E-state index is -0.496. The van der Waals surface area contributed by atoms with Gasteiger partial charge in [-0.3, -0.25) is 4.79 Å². The number of rotatable bonds is 3. The van der Waals surface area contributed by atoms with E-state index in [1.807, 2.05) is 34.6 Å². The van der Waals surface area contributed by atoms with Gasteiger partial charge in [-0.05, 0) is 26.7 Å². The highest BCUT2D eigenvalue weighted by Gasteiger charge is 2.25. The fourth-order valence-electron chi connectivity index (χ4n) is 0.856. The molecule has 0 aliphatic heterocycles. The summed E-state index contributed by atoms with van der Waals surface area (Å²) >= 11 is 0. The van der Waals surface area contributed by atoms with E-state index in [0.717, 1.165) is 6.42 Å². The Kier molecular flexibility index (Phi) is 4.40. The average molecular weight is 187 g/mol. The molecule has 0 amide bonds. The molecule has 0 saturated carbocycles. The average Bonchev–Trinajstić information content (AvgIpc) is 1.98. The highest BCUT2D eigenvalue weighted by Crippen LogP contribution is 2.12. The lowest BCUT2D eigenvalue weighted by Crippen LogP contribution is -2.41. The quantitative estimate of drug-likeness (QED) is 0.684. The van der Waals surface area contributed by atoms with Crippen molar-refractivity contribution >= 4 is 5.97 Å². The molecule has 0 rings (SSSR count). The third-order valence-corrected chi connectivity index (χ3v) is 1.94. The molecule has 2 N–H and O–H groups in total. The summed E-state index contributed by atoms with van der Waals surface area (Å²) in [5.41, 5.74) is 5.26. The summed E-state index contributed by atoms with van der Waals surface area (Å²) in [6.07, 6.45) is 0.889. The van der Waals surface area contributed by atoms with Crippen molar-refractivity contribution in [2.75, 3.05) is 0 Å². The van der Waals surface area contributed by atoms with Crippen LogP contribution in [0.3, 0.4) is 0 Å². The van der Waals surface area contributed by atoms with Gasteiger partial charge in [0.25, 0.3) is 0 Å². The van der Waals surface area contributed by atoms with E-state index in [4.69, 9.17) is 10.5 Å². The SMILES string of the molecule is CC[C@@H](C)[C@@H](N)C(=O)OC(C)(C)C. The van der Waals surface area contributed by atoms with E-state index < -0.39 is 11.6 Å². The second-order valence-corrected chi connectivity index (χ2v) is 4.44. The maximum atomic E-state index is 11.4. The van der Waals surface area contributed by atoms with Crippen LogP contribution in [0, 0.1) is 5.92 Å². The summed E-state index contributed by atoms with van der Waals surface area (Å²) < 4.78 is 5.16. The van der Waals surface area contributed by atoms with Gasteiger partial charge in [-0.15, -0.1) is 0 Å². The Hall–Kier alpha value is -0.570. The van der Waals surface area contributed by atoms with E-state index in [-0.39, 0.29) is 11.9 Å². The molecule has 0 bridgehead atoms. The minimum absolute atomic E-state index is 0.176. The van der Waals surface area contributed by atoms with Gasteiger partial charge in [0.2, 0.25) is 0 Å². The highest BCUT2D eigenvalue weighted by atomic mass is 16.6. The molecule has 0 saturated heterocycles. The van der Waals surface area contributed by atoms with Crippen LogP contribution in [-0.4, -0.2) is 17.6 Å².